The summed E-state index contributed by atoms with van der Waals surface area (Å²) < 4.78 is 37.2. The maximum atomic E-state index is 12.4. The number of carboxylic acid groups (broad SMARTS) is 1. The van der Waals surface area contributed by atoms with Crippen LogP contribution in [0.5, 0.6) is 0 Å². The van der Waals surface area contributed by atoms with Crippen molar-refractivity contribution in [1.82, 2.24) is 4.98 Å². The van der Waals surface area contributed by atoms with Gasteiger partial charge in [-0.25, -0.2) is 0 Å². The molecule has 2 N–H and O–H groups in total. The number of carbonyl (C=O) groups is 1. The Morgan fingerprint density at radius 3 is 2.68 bits per heavy atom. The number of anilines is 1. The van der Waals surface area contributed by atoms with Gasteiger partial charge in [0, 0.05) is 24.8 Å². The standard InChI is InChI=1S/C12H15F3N2O2/c13-12(14,15)10-8-9(5-7-17-10)16-6-3-1-2-4-11(18)19/h5,7-8H,1-4,6H2,(H,16,17)(H,18,19). The number of unbranched alkanes of at least 4 members (excludes halogenated alkanes) is 2. The van der Waals surface area contributed by atoms with E-state index in [1.54, 1.807) is 0 Å². The lowest BCUT2D eigenvalue weighted by Crippen LogP contribution is -2.09. The van der Waals surface area contributed by atoms with Crippen molar-refractivity contribution in [2.24, 2.45) is 0 Å². The van der Waals surface area contributed by atoms with Gasteiger partial charge >= 0.3 is 12.1 Å². The van der Waals surface area contributed by atoms with Gasteiger partial charge in [-0.3, -0.25) is 9.78 Å². The monoisotopic (exact) mass is 276 g/mol. The molecule has 4 nitrogen and oxygen atoms in total. The van der Waals surface area contributed by atoms with Crippen LogP contribution in [0, 0.1) is 0 Å². The zero-order valence-electron chi connectivity index (χ0n) is 10.2. The van der Waals surface area contributed by atoms with Gasteiger partial charge in [0.05, 0.1) is 0 Å². The fourth-order valence-electron chi connectivity index (χ4n) is 1.51. The van der Waals surface area contributed by atoms with Crippen LogP contribution in [0.4, 0.5) is 18.9 Å². The van der Waals surface area contributed by atoms with E-state index in [1.165, 1.54) is 6.07 Å². The number of alkyl halides is 3. The summed E-state index contributed by atoms with van der Waals surface area (Å²) in [7, 11) is 0. The van der Waals surface area contributed by atoms with Crippen LogP contribution >= 0.6 is 0 Å². The average Bonchev–Trinajstić information content (AvgIpc) is 2.32. The van der Waals surface area contributed by atoms with Crippen LogP contribution in [0.25, 0.3) is 0 Å². The fraction of sp³-hybridized carbons (Fsp3) is 0.500. The van der Waals surface area contributed by atoms with E-state index >= 15 is 0 Å². The minimum absolute atomic E-state index is 0.119. The molecule has 1 heterocycles. The van der Waals surface area contributed by atoms with E-state index in [-0.39, 0.29) is 6.42 Å². The summed E-state index contributed by atoms with van der Waals surface area (Å²) in [6, 6.07) is 2.42. The predicted molar refractivity (Wildman–Crippen MR) is 63.8 cm³/mol. The molecule has 0 aliphatic rings. The first-order chi connectivity index (χ1) is 8.89. The highest BCUT2D eigenvalue weighted by Crippen LogP contribution is 2.28. The Kier molecular flexibility index (Phi) is 5.59. The molecule has 1 aromatic heterocycles. The van der Waals surface area contributed by atoms with Gasteiger partial charge in [-0.1, -0.05) is 6.42 Å². The number of aromatic nitrogens is 1. The molecular formula is C12H15F3N2O2. The zero-order chi connectivity index (χ0) is 14.3. The van der Waals surface area contributed by atoms with E-state index in [0.717, 1.165) is 18.7 Å². The maximum absolute atomic E-state index is 12.4. The Hall–Kier alpha value is -1.79. The number of pyridine rings is 1. The van der Waals surface area contributed by atoms with Crippen LogP contribution in [-0.2, 0) is 11.0 Å². The fourth-order valence-corrected chi connectivity index (χ4v) is 1.51. The normalized spacial score (nSPS) is 11.3. The summed E-state index contributed by atoms with van der Waals surface area (Å²) in [5.74, 6) is -0.836. The van der Waals surface area contributed by atoms with Crippen LogP contribution in [0.3, 0.4) is 0 Å². The molecule has 106 valence electrons. The number of aliphatic carboxylic acids is 1. The summed E-state index contributed by atoms with van der Waals surface area (Å²) in [6.07, 6.45) is -1.23. The van der Waals surface area contributed by atoms with Gasteiger partial charge in [0.2, 0.25) is 0 Å². The van der Waals surface area contributed by atoms with Crippen molar-refractivity contribution >= 4 is 11.7 Å². The van der Waals surface area contributed by atoms with E-state index < -0.39 is 17.8 Å². The van der Waals surface area contributed by atoms with Crippen LogP contribution in [0.1, 0.15) is 31.4 Å². The number of rotatable bonds is 7. The molecule has 0 aliphatic heterocycles. The third-order valence-corrected chi connectivity index (χ3v) is 2.45. The van der Waals surface area contributed by atoms with Crippen molar-refractivity contribution in [3.05, 3.63) is 24.0 Å². The average molecular weight is 276 g/mol. The smallest absolute Gasteiger partial charge is 0.433 e. The van der Waals surface area contributed by atoms with Crippen LogP contribution in [-0.4, -0.2) is 22.6 Å². The number of nitrogens with zero attached hydrogens (tertiary/aromatic N) is 1. The van der Waals surface area contributed by atoms with Crippen LogP contribution in [0.2, 0.25) is 0 Å². The summed E-state index contributed by atoms with van der Waals surface area (Å²) in [5.41, 5.74) is -0.566. The Morgan fingerprint density at radius 2 is 2.05 bits per heavy atom. The van der Waals surface area contributed by atoms with Gasteiger partial charge in [0.25, 0.3) is 0 Å². The molecule has 0 atom stereocenters. The number of hydrogen-bond donors (Lipinski definition) is 2. The molecule has 0 saturated carbocycles. The number of nitrogens with one attached hydrogen (secondary N) is 1. The number of halogens is 3. The molecular weight excluding hydrogens is 261 g/mol. The van der Waals surface area contributed by atoms with E-state index in [4.69, 9.17) is 5.11 Å². The van der Waals surface area contributed by atoms with Gasteiger partial charge in [-0.2, -0.15) is 13.2 Å². The molecule has 0 spiro atoms. The van der Waals surface area contributed by atoms with E-state index in [1.807, 2.05) is 0 Å². The zero-order valence-corrected chi connectivity index (χ0v) is 10.2. The highest BCUT2D eigenvalue weighted by atomic mass is 19.4. The van der Waals surface area contributed by atoms with Crippen molar-refractivity contribution in [3.63, 3.8) is 0 Å². The van der Waals surface area contributed by atoms with E-state index in [0.29, 0.717) is 25.1 Å². The summed E-state index contributed by atoms with van der Waals surface area (Å²) in [6.45, 7) is 0.501. The van der Waals surface area contributed by atoms with Gasteiger partial charge in [0.1, 0.15) is 5.69 Å². The highest BCUT2D eigenvalue weighted by molar-refractivity contribution is 5.66. The van der Waals surface area contributed by atoms with Crippen molar-refractivity contribution < 1.29 is 23.1 Å². The third kappa shape index (κ3) is 6.08. The van der Waals surface area contributed by atoms with Crippen molar-refractivity contribution in [3.8, 4) is 0 Å². The lowest BCUT2D eigenvalue weighted by Gasteiger charge is -2.09. The molecule has 0 amide bonds. The molecule has 19 heavy (non-hydrogen) atoms. The minimum atomic E-state index is -4.45. The Labute approximate surface area is 108 Å². The second-order valence-electron chi connectivity index (χ2n) is 4.06. The second kappa shape index (κ2) is 6.96. The Bertz CT molecular complexity index is 422. The summed E-state index contributed by atoms with van der Waals surface area (Å²) >= 11 is 0. The van der Waals surface area contributed by atoms with Gasteiger partial charge in [0.15, 0.2) is 0 Å². The second-order valence-corrected chi connectivity index (χ2v) is 4.06. The lowest BCUT2D eigenvalue weighted by molar-refractivity contribution is -0.141. The molecule has 0 bridgehead atoms. The molecule has 0 unspecified atom stereocenters. The molecule has 0 saturated heterocycles. The van der Waals surface area contributed by atoms with E-state index in [9.17, 15) is 18.0 Å². The highest BCUT2D eigenvalue weighted by Gasteiger charge is 2.32. The number of hydrogen-bond acceptors (Lipinski definition) is 3. The first-order valence-electron chi connectivity index (χ1n) is 5.88. The summed E-state index contributed by atoms with van der Waals surface area (Å²) in [4.78, 5) is 13.5. The van der Waals surface area contributed by atoms with Crippen molar-refractivity contribution in [1.29, 1.82) is 0 Å². The molecule has 1 aromatic rings. The molecule has 0 aromatic carbocycles. The van der Waals surface area contributed by atoms with Gasteiger partial charge in [-0.05, 0) is 25.0 Å². The maximum Gasteiger partial charge on any atom is 0.433 e. The molecule has 7 heteroatoms. The molecule has 1 rings (SSSR count). The third-order valence-electron chi connectivity index (χ3n) is 2.45. The SMILES string of the molecule is O=C(O)CCCCCNc1ccnc(C(F)(F)F)c1. The van der Waals surface area contributed by atoms with Crippen molar-refractivity contribution in [2.45, 2.75) is 31.9 Å². The van der Waals surface area contributed by atoms with Crippen molar-refractivity contribution in [2.75, 3.05) is 11.9 Å². The quantitative estimate of drug-likeness (QED) is 0.751. The molecule has 0 aliphatic carbocycles. The Balaban J connectivity index is 2.32. The van der Waals surface area contributed by atoms with E-state index in [2.05, 4.69) is 10.3 Å². The number of carboxylic acids is 1. The van der Waals surface area contributed by atoms with Gasteiger partial charge < -0.3 is 10.4 Å². The first-order valence-corrected chi connectivity index (χ1v) is 5.88. The topological polar surface area (TPSA) is 62.2 Å². The Morgan fingerprint density at radius 1 is 1.32 bits per heavy atom. The van der Waals surface area contributed by atoms with Crippen LogP contribution < -0.4 is 5.32 Å². The molecule has 0 radical (unpaired) electrons. The largest absolute Gasteiger partial charge is 0.481 e. The minimum Gasteiger partial charge on any atom is -0.481 e. The molecule has 0 fully saturated rings. The van der Waals surface area contributed by atoms with Gasteiger partial charge in [-0.15, -0.1) is 0 Å². The van der Waals surface area contributed by atoms with Crippen LogP contribution in [0.15, 0.2) is 18.3 Å². The lowest BCUT2D eigenvalue weighted by atomic mass is 10.2. The summed E-state index contributed by atoms with van der Waals surface area (Å²) in [5, 5.41) is 11.3. The first kappa shape index (κ1) is 15.3. The predicted octanol–water partition coefficient (Wildman–Crippen LogP) is 3.16.